The van der Waals surface area contributed by atoms with Gasteiger partial charge in [0.2, 0.25) is 0 Å². The van der Waals surface area contributed by atoms with Gasteiger partial charge < -0.3 is 14.6 Å². The molecule has 0 saturated carbocycles. The molecule has 1 aromatic heterocycles. The molecular weight excluding hydrogens is 240 g/mol. The summed E-state index contributed by atoms with van der Waals surface area (Å²) >= 11 is 0. The summed E-state index contributed by atoms with van der Waals surface area (Å²) in [6.45, 7) is 3.58. The Hall–Kier alpha value is -1.81. The molecule has 3 rings (SSSR count). The molecule has 2 heterocycles. The van der Waals surface area contributed by atoms with Crippen molar-refractivity contribution in [2.45, 2.75) is 32.4 Å². The molecule has 4 heteroatoms. The highest BCUT2D eigenvalue weighted by Gasteiger charge is 2.20. The number of hydrogen-bond donors (Lipinski definition) is 1. The van der Waals surface area contributed by atoms with Gasteiger partial charge in [0.15, 0.2) is 0 Å². The fourth-order valence-corrected chi connectivity index (χ4v) is 2.53. The molecule has 0 saturated heterocycles. The number of aromatic nitrogens is 1. The molecular formula is C15H18N2O2. The highest BCUT2D eigenvalue weighted by Crippen LogP contribution is 2.34. The molecule has 0 spiro atoms. The maximum Gasteiger partial charge on any atom is 0.150 e. The van der Waals surface area contributed by atoms with Crippen molar-refractivity contribution in [1.29, 1.82) is 0 Å². The average molecular weight is 258 g/mol. The molecule has 0 radical (unpaired) electrons. The maximum atomic E-state index is 5.87. The van der Waals surface area contributed by atoms with Gasteiger partial charge in [-0.1, -0.05) is 23.4 Å². The summed E-state index contributed by atoms with van der Waals surface area (Å²) in [7, 11) is 0. The Kier molecular flexibility index (Phi) is 3.51. The summed E-state index contributed by atoms with van der Waals surface area (Å²) < 4.78 is 11.0. The lowest BCUT2D eigenvalue weighted by Crippen LogP contribution is -2.20. The van der Waals surface area contributed by atoms with Crippen LogP contribution in [0.5, 0.6) is 5.75 Å². The Balaban J connectivity index is 1.80. The topological polar surface area (TPSA) is 47.3 Å². The highest BCUT2D eigenvalue weighted by molar-refractivity contribution is 5.43. The first kappa shape index (κ1) is 12.2. The smallest absolute Gasteiger partial charge is 0.150 e. The fourth-order valence-electron chi connectivity index (χ4n) is 2.53. The van der Waals surface area contributed by atoms with Gasteiger partial charge in [0, 0.05) is 17.7 Å². The highest BCUT2D eigenvalue weighted by atomic mass is 16.5. The number of rotatable bonds is 3. The molecule has 1 aliphatic heterocycles. The molecule has 1 N–H and O–H groups in total. The van der Waals surface area contributed by atoms with E-state index in [1.54, 1.807) is 6.20 Å². The van der Waals surface area contributed by atoms with Gasteiger partial charge in [0.25, 0.3) is 0 Å². The van der Waals surface area contributed by atoms with Crippen LogP contribution in [0.4, 0.5) is 0 Å². The lowest BCUT2D eigenvalue weighted by atomic mass is 10.00. The molecule has 0 fully saturated rings. The fraction of sp³-hybridized carbons (Fsp3) is 0.400. The first-order valence-electron chi connectivity index (χ1n) is 6.70. The number of aryl methyl sites for hydroxylation is 1. The molecule has 1 unspecified atom stereocenters. The monoisotopic (exact) mass is 258 g/mol. The normalized spacial score (nSPS) is 18.5. The van der Waals surface area contributed by atoms with Crippen LogP contribution in [0.25, 0.3) is 0 Å². The predicted molar refractivity (Wildman–Crippen MR) is 72.0 cm³/mol. The van der Waals surface area contributed by atoms with E-state index in [1.165, 1.54) is 11.1 Å². The number of nitrogens with one attached hydrogen (secondary N) is 1. The number of para-hydroxylation sites is 1. The van der Waals surface area contributed by atoms with Gasteiger partial charge in [0.1, 0.15) is 11.5 Å². The number of nitrogens with zero attached hydrogens (tertiary/aromatic N) is 1. The van der Waals surface area contributed by atoms with Crippen molar-refractivity contribution >= 4 is 0 Å². The van der Waals surface area contributed by atoms with E-state index in [2.05, 4.69) is 35.6 Å². The maximum absolute atomic E-state index is 5.87. The van der Waals surface area contributed by atoms with E-state index in [9.17, 15) is 0 Å². The molecule has 1 aromatic carbocycles. The van der Waals surface area contributed by atoms with Crippen molar-refractivity contribution in [2.75, 3.05) is 6.61 Å². The van der Waals surface area contributed by atoms with E-state index in [0.717, 1.165) is 31.0 Å². The van der Waals surface area contributed by atoms with Gasteiger partial charge >= 0.3 is 0 Å². The first-order chi connectivity index (χ1) is 9.34. The zero-order valence-electron chi connectivity index (χ0n) is 11.1. The zero-order chi connectivity index (χ0) is 13.1. The second-order valence-electron chi connectivity index (χ2n) is 4.90. The Morgan fingerprint density at radius 2 is 2.32 bits per heavy atom. The van der Waals surface area contributed by atoms with Crippen LogP contribution in [0, 0.1) is 6.92 Å². The van der Waals surface area contributed by atoms with Gasteiger partial charge in [0.05, 0.1) is 19.3 Å². The standard InChI is InChI=1S/C15H18N2O2/c1-11-4-2-5-13-14(6-3-9-18-15(11)13)16-10-12-7-8-17-19-12/h2,4-5,7-8,14,16H,3,6,9-10H2,1H3. The summed E-state index contributed by atoms with van der Waals surface area (Å²) in [5.41, 5.74) is 2.45. The Morgan fingerprint density at radius 1 is 1.37 bits per heavy atom. The summed E-state index contributed by atoms with van der Waals surface area (Å²) in [4.78, 5) is 0. The van der Waals surface area contributed by atoms with E-state index >= 15 is 0 Å². The largest absolute Gasteiger partial charge is 0.493 e. The number of benzene rings is 1. The van der Waals surface area contributed by atoms with Gasteiger partial charge in [-0.15, -0.1) is 0 Å². The van der Waals surface area contributed by atoms with E-state index in [-0.39, 0.29) is 0 Å². The van der Waals surface area contributed by atoms with Gasteiger partial charge in [-0.3, -0.25) is 0 Å². The van der Waals surface area contributed by atoms with Crippen molar-refractivity contribution in [3.8, 4) is 5.75 Å². The first-order valence-corrected chi connectivity index (χ1v) is 6.70. The Bertz CT molecular complexity index is 537. The summed E-state index contributed by atoms with van der Waals surface area (Å²) in [5, 5.41) is 7.26. The molecule has 4 nitrogen and oxygen atoms in total. The third-order valence-electron chi connectivity index (χ3n) is 3.52. The van der Waals surface area contributed by atoms with Gasteiger partial charge in [-0.05, 0) is 25.3 Å². The third-order valence-corrected chi connectivity index (χ3v) is 3.52. The molecule has 0 amide bonds. The lowest BCUT2D eigenvalue weighted by Gasteiger charge is -2.18. The zero-order valence-corrected chi connectivity index (χ0v) is 11.1. The van der Waals surface area contributed by atoms with Crippen LogP contribution in [0.1, 0.15) is 35.8 Å². The van der Waals surface area contributed by atoms with E-state index in [1.807, 2.05) is 6.07 Å². The van der Waals surface area contributed by atoms with Crippen LogP contribution < -0.4 is 10.1 Å². The second-order valence-corrected chi connectivity index (χ2v) is 4.90. The van der Waals surface area contributed by atoms with Crippen LogP contribution in [0.3, 0.4) is 0 Å². The molecule has 19 heavy (non-hydrogen) atoms. The van der Waals surface area contributed by atoms with E-state index in [4.69, 9.17) is 9.26 Å². The minimum Gasteiger partial charge on any atom is -0.493 e. The minimum absolute atomic E-state index is 0.308. The lowest BCUT2D eigenvalue weighted by molar-refractivity contribution is 0.312. The van der Waals surface area contributed by atoms with Crippen molar-refractivity contribution in [1.82, 2.24) is 10.5 Å². The Labute approximate surface area is 112 Å². The van der Waals surface area contributed by atoms with Crippen LogP contribution in [0.15, 0.2) is 35.0 Å². The average Bonchev–Trinajstić information content (AvgIpc) is 2.84. The van der Waals surface area contributed by atoms with Crippen molar-refractivity contribution in [3.63, 3.8) is 0 Å². The van der Waals surface area contributed by atoms with Gasteiger partial charge in [-0.25, -0.2) is 0 Å². The second kappa shape index (κ2) is 5.45. The SMILES string of the molecule is Cc1cccc2c1OCCCC2NCc1ccno1. The summed E-state index contributed by atoms with van der Waals surface area (Å²) in [6, 6.07) is 8.52. The van der Waals surface area contributed by atoms with Crippen molar-refractivity contribution in [3.05, 3.63) is 47.3 Å². The van der Waals surface area contributed by atoms with Crippen molar-refractivity contribution < 1.29 is 9.26 Å². The summed E-state index contributed by atoms with van der Waals surface area (Å²) in [5.74, 6) is 1.90. The number of ether oxygens (including phenoxy) is 1. The summed E-state index contributed by atoms with van der Waals surface area (Å²) in [6.07, 6.45) is 3.80. The third kappa shape index (κ3) is 2.63. The molecule has 2 aromatic rings. The number of fused-ring (bicyclic) bond motifs is 1. The Morgan fingerprint density at radius 3 is 3.16 bits per heavy atom. The quantitative estimate of drug-likeness (QED) is 0.919. The van der Waals surface area contributed by atoms with Crippen LogP contribution in [-0.4, -0.2) is 11.8 Å². The van der Waals surface area contributed by atoms with Crippen LogP contribution in [0.2, 0.25) is 0 Å². The number of hydrogen-bond acceptors (Lipinski definition) is 4. The molecule has 100 valence electrons. The molecule has 0 aliphatic carbocycles. The minimum atomic E-state index is 0.308. The molecule has 1 aliphatic rings. The molecule has 1 atom stereocenters. The van der Waals surface area contributed by atoms with E-state index in [0.29, 0.717) is 12.6 Å². The molecule has 0 bridgehead atoms. The van der Waals surface area contributed by atoms with Crippen molar-refractivity contribution in [2.24, 2.45) is 0 Å². The van der Waals surface area contributed by atoms with Crippen LogP contribution in [-0.2, 0) is 6.54 Å². The predicted octanol–water partition coefficient (Wildman–Crippen LogP) is 2.99. The van der Waals surface area contributed by atoms with Gasteiger partial charge in [-0.2, -0.15) is 0 Å². The van der Waals surface area contributed by atoms with E-state index < -0.39 is 0 Å². The van der Waals surface area contributed by atoms with Crippen LogP contribution >= 0.6 is 0 Å².